The Morgan fingerprint density at radius 3 is 2.94 bits per heavy atom. The summed E-state index contributed by atoms with van der Waals surface area (Å²) in [4.78, 5) is 5.07. The van der Waals surface area contributed by atoms with Gasteiger partial charge in [0, 0.05) is 19.1 Å². The zero-order valence-corrected chi connectivity index (χ0v) is 11.0. The fourth-order valence-electron chi connectivity index (χ4n) is 3.29. The average molecular weight is 242 g/mol. The van der Waals surface area contributed by atoms with Crippen LogP contribution in [0, 0.1) is 5.92 Å². The third kappa shape index (κ3) is 3.65. The fraction of sp³-hybridized carbons (Fsp3) is 1.00. The monoisotopic (exact) mass is 242 g/mol. The third-order valence-electron chi connectivity index (χ3n) is 4.22. The normalized spacial score (nSPS) is 31.4. The van der Waals surface area contributed by atoms with Gasteiger partial charge < -0.3 is 19.6 Å². The van der Waals surface area contributed by atoms with Crippen LogP contribution in [-0.2, 0) is 4.74 Å². The molecule has 2 unspecified atom stereocenters. The molecule has 2 heterocycles. The second-order valence-corrected chi connectivity index (χ2v) is 5.38. The molecule has 2 fully saturated rings. The number of aliphatic hydroxyl groups excluding tert-OH is 1. The molecule has 2 aliphatic heterocycles. The molecule has 2 saturated heterocycles. The van der Waals surface area contributed by atoms with Crippen molar-refractivity contribution < 1.29 is 9.84 Å². The van der Waals surface area contributed by atoms with Gasteiger partial charge in [-0.2, -0.15) is 0 Å². The Hall–Kier alpha value is -0.160. The zero-order valence-electron chi connectivity index (χ0n) is 11.0. The number of likely N-dealkylation sites (tertiary alicyclic amines) is 2. The van der Waals surface area contributed by atoms with Crippen LogP contribution in [-0.4, -0.2) is 74.0 Å². The molecule has 2 rings (SSSR count). The van der Waals surface area contributed by atoms with Gasteiger partial charge in [-0.05, 0) is 45.3 Å². The second kappa shape index (κ2) is 6.69. The highest BCUT2D eigenvalue weighted by Crippen LogP contribution is 2.29. The molecular formula is C13H26N2O2. The molecule has 0 amide bonds. The van der Waals surface area contributed by atoms with E-state index in [0.29, 0.717) is 6.61 Å². The molecular weight excluding hydrogens is 216 g/mol. The quantitative estimate of drug-likeness (QED) is 0.709. The minimum absolute atomic E-state index is 0.134. The number of hydrogen-bond acceptors (Lipinski definition) is 4. The summed E-state index contributed by atoms with van der Waals surface area (Å²) in [6.45, 7) is 6.10. The number of ether oxygens (including phenoxy) is 1. The summed E-state index contributed by atoms with van der Waals surface area (Å²) in [6.07, 6.45) is 4.05. The van der Waals surface area contributed by atoms with Crippen LogP contribution in [0.25, 0.3) is 0 Å². The lowest BCUT2D eigenvalue weighted by molar-refractivity contribution is 0.0186. The first-order valence-electron chi connectivity index (χ1n) is 6.92. The Bertz CT molecular complexity index is 225. The van der Waals surface area contributed by atoms with Crippen molar-refractivity contribution in [2.45, 2.75) is 25.3 Å². The second-order valence-electron chi connectivity index (χ2n) is 5.38. The smallest absolute Gasteiger partial charge is 0.0698 e. The van der Waals surface area contributed by atoms with E-state index in [9.17, 15) is 0 Å². The number of hydrogen-bond donors (Lipinski definition) is 1. The standard InChI is InChI=1S/C13H26N2O2/c1-14-5-2-3-12-11-15(6-4-13(12)14)7-9-17-10-8-16/h12-13,16H,2-11H2,1H3. The summed E-state index contributed by atoms with van der Waals surface area (Å²) in [7, 11) is 2.27. The van der Waals surface area contributed by atoms with Crippen molar-refractivity contribution in [1.29, 1.82) is 0 Å². The van der Waals surface area contributed by atoms with Crippen LogP contribution in [0.3, 0.4) is 0 Å². The minimum atomic E-state index is 0.134. The third-order valence-corrected chi connectivity index (χ3v) is 4.22. The molecule has 4 nitrogen and oxygen atoms in total. The van der Waals surface area contributed by atoms with Gasteiger partial charge in [-0.25, -0.2) is 0 Å². The Labute approximate surface area is 105 Å². The number of aliphatic hydroxyl groups is 1. The van der Waals surface area contributed by atoms with E-state index >= 15 is 0 Å². The van der Waals surface area contributed by atoms with Crippen molar-refractivity contribution in [2.24, 2.45) is 5.92 Å². The van der Waals surface area contributed by atoms with E-state index in [1.165, 1.54) is 38.9 Å². The van der Waals surface area contributed by atoms with Gasteiger partial charge in [0.2, 0.25) is 0 Å². The molecule has 0 spiro atoms. The van der Waals surface area contributed by atoms with Gasteiger partial charge >= 0.3 is 0 Å². The Morgan fingerprint density at radius 2 is 2.12 bits per heavy atom. The molecule has 0 aromatic heterocycles. The predicted octanol–water partition coefficient (Wildman–Crippen LogP) is 0.411. The van der Waals surface area contributed by atoms with Gasteiger partial charge in [0.15, 0.2) is 0 Å². The van der Waals surface area contributed by atoms with Crippen molar-refractivity contribution in [3.8, 4) is 0 Å². The molecule has 4 heteroatoms. The van der Waals surface area contributed by atoms with Crippen molar-refractivity contribution in [1.82, 2.24) is 9.80 Å². The van der Waals surface area contributed by atoms with Gasteiger partial charge in [0.05, 0.1) is 19.8 Å². The molecule has 0 aromatic rings. The maximum Gasteiger partial charge on any atom is 0.0698 e. The molecule has 0 aliphatic carbocycles. The number of fused-ring (bicyclic) bond motifs is 1. The van der Waals surface area contributed by atoms with E-state index in [0.717, 1.165) is 25.1 Å². The molecule has 0 aromatic carbocycles. The van der Waals surface area contributed by atoms with Crippen molar-refractivity contribution >= 4 is 0 Å². The maximum atomic E-state index is 8.64. The molecule has 17 heavy (non-hydrogen) atoms. The van der Waals surface area contributed by atoms with Crippen LogP contribution in [0.5, 0.6) is 0 Å². The highest BCUT2D eigenvalue weighted by atomic mass is 16.5. The summed E-state index contributed by atoms with van der Waals surface area (Å²) in [5.74, 6) is 0.861. The summed E-state index contributed by atoms with van der Waals surface area (Å²) in [6, 6.07) is 0.818. The topological polar surface area (TPSA) is 35.9 Å². The molecule has 0 radical (unpaired) electrons. The number of piperidine rings is 2. The van der Waals surface area contributed by atoms with E-state index in [1.54, 1.807) is 0 Å². The minimum Gasteiger partial charge on any atom is -0.394 e. The van der Waals surface area contributed by atoms with E-state index in [-0.39, 0.29) is 6.61 Å². The predicted molar refractivity (Wildman–Crippen MR) is 68.1 cm³/mol. The highest BCUT2D eigenvalue weighted by molar-refractivity contribution is 4.89. The average Bonchev–Trinajstić information content (AvgIpc) is 2.35. The van der Waals surface area contributed by atoms with Crippen LogP contribution < -0.4 is 0 Å². The van der Waals surface area contributed by atoms with Gasteiger partial charge in [0.1, 0.15) is 0 Å². The molecule has 2 aliphatic rings. The Balaban J connectivity index is 1.70. The van der Waals surface area contributed by atoms with Crippen molar-refractivity contribution in [3.05, 3.63) is 0 Å². The number of nitrogens with zero attached hydrogens (tertiary/aromatic N) is 2. The van der Waals surface area contributed by atoms with Crippen molar-refractivity contribution in [3.63, 3.8) is 0 Å². The van der Waals surface area contributed by atoms with Crippen LogP contribution >= 0.6 is 0 Å². The van der Waals surface area contributed by atoms with E-state index in [1.807, 2.05) is 0 Å². The molecule has 2 atom stereocenters. The van der Waals surface area contributed by atoms with Crippen molar-refractivity contribution in [2.75, 3.05) is 53.0 Å². The highest BCUT2D eigenvalue weighted by Gasteiger charge is 2.33. The molecule has 1 N–H and O–H groups in total. The maximum absolute atomic E-state index is 8.64. The summed E-state index contributed by atoms with van der Waals surface area (Å²) in [5.41, 5.74) is 0. The first-order chi connectivity index (χ1) is 8.31. The van der Waals surface area contributed by atoms with Gasteiger partial charge in [0.25, 0.3) is 0 Å². The zero-order chi connectivity index (χ0) is 12.1. The SMILES string of the molecule is CN1CCCC2CN(CCOCCO)CCC21. The number of rotatable bonds is 5. The Morgan fingerprint density at radius 1 is 1.24 bits per heavy atom. The first kappa shape index (κ1) is 13.3. The molecule has 0 bridgehead atoms. The first-order valence-corrected chi connectivity index (χ1v) is 6.92. The van der Waals surface area contributed by atoms with Crippen LogP contribution in [0.15, 0.2) is 0 Å². The summed E-state index contributed by atoms with van der Waals surface area (Å²) >= 11 is 0. The van der Waals surface area contributed by atoms with E-state index in [2.05, 4.69) is 16.8 Å². The van der Waals surface area contributed by atoms with Gasteiger partial charge in [-0.1, -0.05) is 0 Å². The largest absolute Gasteiger partial charge is 0.394 e. The lowest BCUT2D eigenvalue weighted by atomic mass is 9.84. The summed E-state index contributed by atoms with van der Waals surface area (Å²) < 4.78 is 5.34. The van der Waals surface area contributed by atoms with E-state index in [4.69, 9.17) is 9.84 Å². The fourth-order valence-corrected chi connectivity index (χ4v) is 3.29. The van der Waals surface area contributed by atoms with Crippen LogP contribution in [0.1, 0.15) is 19.3 Å². The lowest BCUT2D eigenvalue weighted by Crippen LogP contribution is -2.53. The lowest BCUT2D eigenvalue weighted by Gasteiger charge is -2.46. The van der Waals surface area contributed by atoms with Gasteiger partial charge in [-0.3, -0.25) is 0 Å². The molecule has 0 saturated carbocycles. The van der Waals surface area contributed by atoms with E-state index < -0.39 is 0 Å². The van der Waals surface area contributed by atoms with Crippen LogP contribution in [0.4, 0.5) is 0 Å². The van der Waals surface area contributed by atoms with Gasteiger partial charge in [-0.15, -0.1) is 0 Å². The van der Waals surface area contributed by atoms with Crippen LogP contribution in [0.2, 0.25) is 0 Å². The Kier molecular flexibility index (Phi) is 5.22. The summed E-state index contributed by atoms with van der Waals surface area (Å²) in [5, 5.41) is 8.64. The molecule has 100 valence electrons.